The van der Waals surface area contributed by atoms with E-state index >= 15 is 0 Å². The van der Waals surface area contributed by atoms with Crippen LogP contribution in [0.15, 0.2) is 54.6 Å². The zero-order valence-electron chi connectivity index (χ0n) is 17.7. The second-order valence-electron chi connectivity index (χ2n) is 8.39. The minimum absolute atomic E-state index is 0.0312. The van der Waals surface area contributed by atoms with Crippen molar-refractivity contribution in [3.8, 4) is 0 Å². The van der Waals surface area contributed by atoms with Crippen LogP contribution in [0.25, 0.3) is 10.1 Å². The summed E-state index contributed by atoms with van der Waals surface area (Å²) in [5.74, 6) is -0.192. The second-order valence-corrected chi connectivity index (χ2v) is 9.44. The lowest BCUT2D eigenvalue weighted by Gasteiger charge is -2.48. The Hall–Kier alpha value is -2.91. The van der Waals surface area contributed by atoms with Crippen molar-refractivity contribution >= 4 is 33.2 Å². The molecule has 0 N–H and O–H groups in total. The average Bonchev–Trinajstić information content (AvgIpc) is 3.22. The Morgan fingerprint density at radius 1 is 0.848 bits per heavy atom. The van der Waals surface area contributed by atoms with Gasteiger partial charge in [-0.25, -0.2) is 0 Å². The molecule has 0 spiro atoms. The first-order valence-electron chi connectivity index (χ1n) is 10.8. The van der Waals surface area contributed by atoms with Crippen molar-refractivity contribution in [1.82, 2.24) is 14.7 Å². The van der Waals surface area contributed by atoms with Crippen molar-refractivity contribution in [2.24, 2.45) is 0 Å². The number of alkyl halides is 3. The maximum absolute atomic E-state index is 13.3. The van der Waals surface area contributed by atoms with Crippen molar-refractivity contribution in [2.75, 3.05) is 39.3 Å². The van der Waals surface area contributed by atoms with E-state index in [1.54, 1.807) is 17.0 Å². The molecule has 2 aromatic carbocycles. The molecule has 2 amide bonds. The summed E-state index contributed by atoms with van der Waals surface area (Å²) >= 11 is 0.906. The van der Waals surface area contributed by atoms with Gasteiger partial charge < -0.3 is 9.80 Å². The number of thiophene rings is 1. The van der Waals surface area contributed by atoms with Crippen molar-refractivity contribution in [1.29, 1.82) is 0 Å². The second kappa shape index (κ2) is 8.46. The summed E-state index contributed by atoms with van der Waals surface area (Å²) in [6.07, 6.45) is -4.45. The summed E-state index contributed by atoms with van der Waals surface area (Å²) in [7, 11) is 0. The summed E-state index contributed by atoms with van der Waals surface area (Å²) in [5.41, 5.74) is -0.0168. The number of piperazine rings is 1. The van der Waals surface area contributed by atoms with Gasteiger partial charge in [0.05, 0.1) is 10.4 Å². The molecule has 2 aliphatic heterocycles. The average molecular weight is 474 g/mol. The third-order valence-electron chi connectivity index (χ3n) is 6.35. The fourth-order valence-corrected chi connectivity index (χ4v) is 5.61. The summed E-state index contributed by atoms with van der Waals surface area (Å²) in [6.45, 7) is 3.84. The molecule has 0 unspecified atom stereocenters. The lowest BCUT2D eigenvalue weighted by molar-refractivity contribution is -0.136. The molecule has 5 nitrogen and oxygen atoms in total. The highest BCUT2D eigenvalue weighted by Gasteiger charge is 2.38. The van der Waals surface area contributed by atoms with Crippen LogP contribution in [-0.2, 0) is 6.18 Å². The molecule has 2 saturated heterocycles. The first kappa shape index (κ1) is 21.9. The lowest BCUT2D eigenvalue weighted by atomic mass is 10.0. The van der Waals surface area contributed by atoms with Crippen LogP contribution >= 0.6 is 11.3 Å². The van der Waals surface area contributed by atoms with Crippen LogP contribution in [0.2, 0.25) is 0 Å². The van der Waals surface area contributed by atoms with Crippen LogP contribution < -0.4 is 0 Å². The maximum atomic E-state index is 13.3. The van der Waals surface area contributed by atoms with E-state index in [4.69, 9.17) is 0 Å². The van der Waals surface area contributed by atoms with Crippen LogP contribution in [0.1, 0.15) is 25.6 Å². The Labute approximate surface area is 193 Å². The molecule has 5 rings (SSSR count). The first-order chi connectivity index (χ1) is 15.8. The van der Waals surface area contributed by atoms with Gasteiger partial charge in [-0.1, -0.05) is 30.3 Å². The van der Waals surface area contributed by atoms with Gasteiger partial charge in [-0.15, -0.1) is 11.3 Å². The molecule has 33 heavy (non-hydrogen) atoms. The molecular weight excluding hydrogens is 451 g/mol. The molecule has 2 aliphatic rings. The van der Waals surface area contributed by atoms with Gasteiger partial charge >= 0.3 is 6.18 Å². The summed E-state index contributed by atoms with van der Waals surface area (Å²) in [4.78, 5) is 31.6. The zero-order valence-corrected chi connectivity index (χ0v) is 18.5. The van der Waals surface area contributed by atoms with Gasteiger partial charge in [0.15, 0.2) is 0 Å². The number of rotatable bonds is 3. The molecule has 2 fully saturated rings. The molecule has 0 radical (unpaired) electrons. The van der Waals surface area contributed by atoms with Gasteiger partial charge in [0.2, 0.25) is 0 Å². The van der Waals surface area contributed by atoms with E-state index in [1.807, 2.05) is 35.2 Å². The summed E-state index contributed by atoms with van der Waals surface area (Å²) < 4.78 is 39.9. The molecule has 0 bridgehead atoms. The first-order valence-corrected chi connectivity index (χ1v) is 11.6. The Morgan fingerprint density at radius 3 is 2.21 bits per heavy atom. The predicted molar refractivity (Wildman–Crippen MR) is 120 cm³/mol. The van der Waals surface area contributed by atoms with Crippen molar-refractivity contribution in [2.45, 2.75) is 12.2 Å². The highest BCUT2D eigenvalue weighted by Crippen LogP contribution is 2.39. The highest BCUT2D eigenvalue weighted by molar-refractivity contribution is 7.21. The van der Waals surface area contributed by atoms with Crippen molar-refractivity contribution < 1.29 is 22.8 Å². The summed E-state index contributed by atoms with van der Waals surface area (Å²) in [5, 5.41) is 0.439. The molecule has 0 saturated carbocycles. The SMILES string of the molecule is O=C(c1ccccc1)N1CCN(C2CN(C(=O)c3cc4cccc(C(F)(F)F)c4s3)C2)CC1. The number of hydrogen-bond donors (Lipinski definition) is 0. The highest BCUT2D eigenvalue weighted by atomic mass is 32.1. The number of nitrogens with zero attached hydrogens (tertiary/aromatic N) is 3. The molecule has 0 atom stereocenters. The Balaban J connectivity index is 1.18. The number of amides is 2. The minimum Gasteiger partial charge on any atom is -0.336 e. The molecule has 172 valence electrons. The van der Waals surface area contributed by atoms with E-state index in [0.29, 0.717) is 42.0 Å². The van der Waals surface area contributed by atoms with Gasteiger partial charge in [0, 0.05) is 55.6 Å². The van der Waals surface area contributed by atoms with E-state index in [1.165, 1.54) is 6.07 Å². The maximum Gasteiger partial charge on any atom is 0.417 e. The Kier molecular flexibility index (Phi) is 5.62. The van der Waals surface area contributed by atoms with Crippen LogP contribution in [0, 0.1) is 0 Å². The molecule has 0 aliphatic carbocycles. The largest absolute Gasteiger partial charge is 0.417 e. The van der Waals surface area contributed by atoms with E-state index in [2.05, 4.69) is 4.90 Å². The number of carbonyl (C=O) groups is 2. The van der Waals surface area contributed by atoms with Crippen LogP contribution in [-0.4, -0.2) is 71.8 Å². The normalized spacial score (nSPS) is 17.9. The van der Waals surface area contributed by atoms with Crippen LogP contribution in [0.3, 0.4) is 0 Å². The molecular formula is C24H22F3N3O2S. The topological polar surface area (TPSA) is 43.9 Å². The quantitative estimate of drug-likeness (QED) is 0.573. The third-order valence-corrected chi connectivity index (χ3v) is 7.52. The number of likely N-dealkylation sites (tertiary alicyclic amines) is 1. The minimum atomic E-state index is -4.45. The van der Waals surface area contributed by atoms with Crippen molar-refractivity contribution in [3.63, 3.8) is 0 Å². The fraction of sp³-hybridized carbons (Fsp3) is 0.333. The van der Waals surface area contributed by atoms with Crippen molar-refractivity contribution in [3.05, 3.63) is 70.6 Å². The van der Waals surface area contributed by atoms with E-state index in [9.17, 15) is 22.8 Å². The van der Waals surface area contributed by atoms with Gasteiger partial charge in [-0.2, -0.15) is 13.2 Å². The fourth-order valence-electron chi connectivity index (χ4n) is 4.45. The van der Waals surface area contributed by atoms with Crippen LogP contribution in [0.4, 0.5) is 13.2 Å². The number of benzene rings is 2. The third kappa shape index (κ3) is 4.22. The Bertz CT molecular complexity index is 1180. The number of carbonyl (C=O) groups excluding carboxylic acids is 2. The smallest absolute Gasteiger partial charge is 0.336 e. The van der Waals surface area contributed by atoms with E-state index in [-0.39, 0.29) is 22.6 Å². The standard InChI is InChI=1S/C24H22F3N3O2S/c25-24(26,27)19-8-4-7-17-13-20(33-21(17)19)23(32)30-14-18(15-30)28-9-11-29(12-10-28)22(31)16-5-2-1-3-6-16/h1-8,13,18H,9-12,14-15H2. The number of hydrogen-bond acceptors (Lipinski definition) is 4. The van der Waals surface area contributed by atoms with E-state index < -0.39 is 11.7 Å². The molecule has 1 aromatic heterocycles. The molecule has 9 heteroatoms. The van der Waals surface area contributed by atoms with E-state index in [0.717, 1.165) is 30.5 Å². The molecule has 3 heterocycles. The van der Waals surface area contributed by atoms with Crippen LogP contribution in [0.5, 0.6) is 0 Å². The van der Waals surface area contributed by atoms with Gasteiger partial charge in [-0.3, -0.25) is 14.5 Å². The monoisotopic (exact) mass is 473 g/mol. The van der Waals surface area contributed by atoms with Gasteiger partial charge in [0.1, 0.15) is 0 Å². The molecule has 3 aromatic rings. The number of fused-ring (bicyclic) bond motifs is 1. The number of halogens is 3. The lowest BCUT2D eigenvalue weighted by Crippen LogP contribution is -2.64. The summed E-state index contributed by atoms with van der Waals surface area (Å²) in [6, 6.07) is 15.0. The predicted octanol–water partition coefficient (Wildman–Crippen LogP) is 4.20. The Morgan fingerprint density at radius 2 is 1.55 bits per heavy atom. The van der Waals surface area contributed by atoms with Gasteiger partial charge in [-0.05, 0) is 29.7 Å². The van der Waals surface area contributed by atoms with Gasteiger partial charge in [0.25, 0.3) is 11.8 Å². The zero-order chi connectivity index (χ0) is 23.2.